The normalized spacial score (nSPS) is 10.9. The molecule has 0 unspecified atom stereocenters. The molecule has 0 spiro atoms. The van der Waals surface area contributed by atoms with Crippen LogP contribution in [0.4, 0.5) is 17.5 Å². The standard InChI is InChI=1S/C21H20N6OS/c1-13-4-9-18(29-15-7-5-14(28)6-8-15)17(10-13)25-19-16-11-22-21(27(2)3)26-20(16)24-12-23-19/h4-12,28H,1-3H3,(H,22,23,24,25,26). The molecular formula is C21H20N6OS. The first-order valence-corrected chi connectivity index (χ1v) is 9.81. The second-order valence-electron chi connectivity index (χ2n) is 6.74. The van der Waals surface area contributed by atoms with Crippen molar-refractivity contribution in [2.24, 2.45) is 0 Å². The topological polar surface area (TPSA) is 87.1 Å². The van der Waals surface area contributed by atoms with Crippen molar-refractivity contribution < 1.29 is 5.11 Å². The third-order valence-corrected chi connectivity index (χ3v) is 5.31. The quantitative estimate of drug-likeness (QED) is 0.506. The first-order chi connectivity index (χ1) is 14.0. The molecule has 2 aromatic carbocycles. The molecule has 0 saturated heterocycles. The van der Waals surface area contributed by atoms with E-state index in [1.54, 1.807) is 30.1 Å². The predicted octanol–water partition coefficient (Wildman–Crippen LogP) is 4.39. The van der Waals surface area contributed by atoms with Gasteiger partial charge in [-0.25, -0.2) is 15.0 Å². The molecule has 0 aliphatic rings. The van der Waals surface area contributed by atoms with E-state index in [9.17, 15) is 5.11 Å². The van der Waals surface area contributed by atoms with Crippen molar-refractivity contribution in [2.45, 2.75) is 16.7 Å². The van der Waals surface area contributed by atoms with Gasteiger partial charge in [-0.05, 0) is 48.9 Å². The van der Waals surface area contributed by atoms with E-state index in [-0.39, 0.29) is 5.75 Å². The lowest BCUT2D eigenvalue weighted by Crippen LogP contribution is -2.13. The summed E-state index contributed by atoms with van der Waals surface area (Å²) in [6.45, 7) is 2.05. The van der Waals surface area contributed by atoms with Gasteiger partial charge in [-0.3, -0.25) is 0 Å². The van der Waals surface area contributed by atoms with Gasteiger partial charge in [0.2, 0.25) is 5.95 Å². The minimum atomic E-state index is 0.251. The molecule has 0 aliphatic carbocycles. The summed E-state index contributed by atoms with van der Waals surface area (Å²) in [5.74, 6) is 1.50. The number of nitrogens with zero attached hydrogens (tertiary/aromatic N) is 5. The second-order valence-corrected chi connectivity index (χ2v) is 7.86. The largest absolute Gasteiger partial charge is 0.508 e. The van der Waals surface area contributed by atoms with Crippen molar-refractivity contribution in [2.75, 3.05) is 24.3 Å². The number of hydrogen-bond donors (Lipinski definition) is 2. The van der Waals surface area contributed by atoms with Crippen molar-refractivity contribution in [1.82, 2.24) is 19.9 Å². The van der Waals surface area contributed by atoms with Crippen molar-refractivity contribution >= 4 is 40.2 Å². The van der Waals surface area contributed by atoms with Crippen LogP contribution in [0.5, 0.6) is 5.75 Å². The van der Waals surface area contributed by atoms with E-state index in [2.05, 4.69) is 43.5 Å². The summed E-state index contributed by atoms with van der Waals surface area (Å²) in [6.07, 6.45) is 3.24. The molecule has 0 atom stereocenters. The summed E-state index contributed by atoms with van der Waals surface area (Å²) in [6, 6.07) is 13.4. The number of nitrogens with one attached hydrogen (secondary N) is 1. The summed E-state index contributed by atoms with van der Waals surface area (Å²) in [4.78, 5) is 21.5. The highest BCUT2D eigenvalue weighted by atomic mass is 32.2. The summed E-state index contributed by atoms with van der Waals surface area (Å²) >= 11 is 1.61. The van der Waals surface area contributed by atoms with Crippen LogP contribution >= 0.6 is 11.8 Å². The molecule has 2 N–H and O–H groups in total. The smallest absolute Gasteiger partial charge is 0.226 e. The molecule has 146 valence electrons. The van der Waals surface area contributed by atoms with Gasteiger partial charge in [0.1, 0.15) is 17.9 Å². The zero-order chi connectivity index (χ0) is 20.4. The Morgan fingerprint density at radius 1 is 1.00 bits per heavy atom. The van der Waals surface area contributed by atoms with Gasteiger partial charge in [0.15, 0.2) is 5.65 Å². The Labute approximate surface area is 172 Å². The average Bonchev–Trinajstić information content (AvgIpc) is 2.71. The Morgan fingerprint density at radius 2 is 1.79 bits per heavy atom. The van der Waals surface area contributed by atoms with Crippen LogP contribution in [0.3, 0.4) is 0 Å². The van der Waals surface area contributed by atoms with E-state index >= 15 is 0 Å². The Hall–Kier alpha value is -3.39. The number of rotatable bonds is 5. The number of aromatic nitrogens is 4. The molecule has 0 radical (unpaired) electrons. The number of benzene rings is 2. The highest BCUT2D eigenvalue weighted by molar-refractivity contribution is 7.99. The zero-order valence-electron chi connectivity index (χ0n) is 16.3. The van der Waals surface area contributed by atoms with Gasteiger partial charge in [0.25, 0.3) is 0 Å². The molecule has 0 fully saturated rings. The Bertz CT molecular complexity index is 1160. The summed E-state index contributed by atoms with van der Waals surface area (Å²) in [5, 5.41) is 13.7. The molecule has 4 aromatic rings. The van der Waals surface area contributed by atoms with Gasteiger partial charge in [0, 0.05) is 30.1 Å². The van der Waals surface area contributed by atoms with Crippen LogP contribution in [0.25, 0.3) is 11.0 Å². The Morgan fingerprint density at radius 3 is 2.55 bits per heavy atom. The maximum absolute atomic E-state index is 9.51. The highest BCUT2D eigenvalue weighted by Crippen LogP contribution is 2.36. The van der Waals surface area contributed by atoms with E-state index in [1.165, 1.54) is 6.33 Å². The van der Waals surface area contributed by atoms with Gasteiger partial charge >= 0.3 is 0 Å². The van der Waals surface area contributed by atoms with Gasteiger partial charge in [-0.15, -0.1) is 0 Å². The lowest BCUT2D eigenvalue weighted by molar-refractivity contribution is 0.475. The zero-order valence-corrected chi connectivity index (χ0v) is 17.1. The lowest BCUT2D eigenvalue weighted by Gasteiger charge is -2.14. The third-order valence-electron chi connectivity index (χ3n) is 4.23. The average molecular weight is 404 g/mol. The van der Waals surface area contributed by atoms with Crippen molar-refractivity contribution in [1.29, 1.82) is 0 Å². The molecule has 8 heteroatoms. The fraction of sp³-hybridized carbons (Fsp3) is 0.143. The number of phenolic OH excluding ortho intramolecular Hbond substituents is 1. The molecule has 2 heterocycles. The van der Waals surface area contributed by atoms with E-state index in [1.807, 2.05) is 38.1 Å². The van der Waals surface area contributed by atoms with Crippen LogP contribution in [0.1, 0.15) is 5.56 Å². The number of aromatic hydroxyl groups is 1. The third kappa shape index (κ3) is 4.22. The molecule has 29 heavy (non-hydrogen) atoms. The maximum atomic E-state index is 9.51. The van der Waals surface area contributed by atoms with Crippen LogP contribution in [-0.2, 0) is 0 Å². The van der Waals surface area contributed by atoms with Crippen molar-refractivity contribution in [3.05, 3.63) is 60.6 Å². The fourth-order valence-corrected chi connectivity index (χ4v) is 3.64. The molecule has 0 saturated carbocycles. The monoisotopic (exact) mass is 404 g/mol. The molecule has 0 amide bonds. The number of anilines is 3. The van der Waals surface area contributed by atoms with Crippen LogP contribution in [0, 0.1) is 6.92 Å². The van der Waals surface area contributed by atoms with Crippen molar-refractivity contribution in [3.8, 4) is 5.75 Å². The van der Waals surface area contributed by atoms with Crippen LogP contribution in [0.2, 0.25) is 0 Å². The number of hydrogen-bond acceptors (Lipinski definition) is 8. The fourth-order valence-electron chi connectivity index (χ4n) is 2.75. The number of fused-ring (bicyclic) bond motifs is 1. The van der Waals surface area contributed by atoms with E-state index in [0.29, 0.717) is 17.4 Å². The van der Waals surface area contributed by atoms with Gasteiger partial charge in [-0.2, -0.15) is 4.98 Å². The Balaban J connectivity index is 1.70. The molecular weight excluding hydrogens is 384 g/mol. The molecule has 4 rings (SSSR count). The van der Waals surface area contributed by atoms with Crippen molar-refractivity contribution in [3.63, 3.8) is 0 Å². The van der Waals surface area contributed by atoms with Crippen LogP contribution in [0.15, 0.2) is 64.8 Å². The second kappa shape index (κ2) is 7.92. The maximum Gasteiger partial charge on any atom is 0.226 e. The highest BCUT2D eigenvalue weighted by Gasteiger charge is 2.11. The number of aryl methyl sites for hydroxylation is 1. The van der Waals surface area contributed by atoms with Crippen LogP contribution < -0.4 is 10.2 Å². The number of phenols is 1. The summed E-state index contributed by atoms with van der Waals surface area (Å²) in [7, 11) is 3.78. The first kappa shape index (κ1) is 18.9. The molecule has 0 bridgehead atoms. The van der Waals surface area contributed by atoms with E-state index < -0.39 is 0 Å². The molecule has 0 aliphatic heterocycles. The molecule has 2 aromatic heterocycles. The van der Waals surface area contributed by atoms with Gasteiger partial charge in [0.05, 0.1) is 11.1 Å². The van der Waals surface area contributed by atoms with E-state index in [0.717, 1.165) is 26.4 Å². The van der Waals surface area contributed by atoms with E-state index in [4.69, 9.17) is 0 Å². The van der Waals surface area contributed by atoms with Gasteiger partial charge in [-0.1, -0.05) is 17.8 Å². The predicted molar refractivity (Wildman–Crippen MR) is 116 cm³/mol. The van der Waals surface area contributed by atoms with Crippen LogP contribution in [-0.4, -0.2) is 39.1 Å². The summed E-state index contributed by atoms with van der Waals surface area (Å²) < 4.78 is 0. The molecule has 7 nitrogen and oxygen atoms in total. The lowest BCUT2D eigenvalue weighted by atomic mass is 10.2. The first-order valence-electron chi connectivity index (χ1n) is 8.99. The summed E-state index contributed by atoms with van der Waals surface area (Å²) in [5.41, 5.74) is 2.65. The van der Waals surface area contributed by atoms with Gasteiger partial charge < -0.3 is 15.3 Å². The SMILES string of the molecule is Cc1ccc(Sc2ccc(O)cc2)c(Nc2ncnc3nc(N(C)C)ncc23)c1. The Kier molecular flexibility index (Phi) is 5.18. The minimum Gasteiger partial charge on any atom is -0.508 e. The minimum absolute atomic E-state index is 0.251.